The number of carbonyl (C=O) groups is 1. The summed E-state index contributed by atoms with van der Waals surface area (Å²) in [7, 11) is 0. The Morgan fingerprint density at radius 3 is 2.52 bits per heavy atom. The summed E-state index contributed by atoms with van der Waals surface area (Å²) >= 11 is 14.3. The van der Waals surface area contributed by atoms with Crippen molar-refractivity contribution >= 4 is 46.6 Å². The Morgan fingerprint density at radius 1 is 1.14 bits per heavy atom. The van der Waals surface area contributed by atoms with Crippen LogP contribution in [0.1, 0.15) is 29.0 Å². The summed E-state index contributed by atoms with van der Waals surface area (Å²) in [6.07, 6.45) is 0.178. The number of fused-ring (bicyclic) bond motifs is 1. The molecule has 0 aliphatic carbocycles. The van der Waals surface area contributed by atoms with Crippen LogP contribution in [0.4, 0.5) is 5.69 Å². The van der Waals surface area contributed by atoms with E-state index in [0.29, 0.717) is 38.8 Å². The molecule has 0 radical (unpaired) electrons. The summed E-state index contributed by atoms with van der Waals surface area (Å²) in [4.78, 5) is 16.9. The van der Waals surface area contributed by atoms with Gasteiger partial charge in [-0.25, -0.2) is 0 Å². The van der Waals surface area contributed by atoms with Crippen LogP contribution in [0.25, 0.3) is 0 Å². The Bertz CT molecular complexity index is 1060. The van der Waals surface area contributed by atoms with Gasteiger partial charge in [-0.1, -0.05) is 47.1 Å². The van der Waals surface area contributed by atoms with Gasteiger partial charge in [-0.15, -0.1) is 0 Å². The predicted octanol–water partition coefficient (Wildman–Crippen LogP) is 5.83. The Hall–Kier alpha value is -2.13. The lowest BCUT2D eigenvalue weighted by Crippen LogP contribution is -2.47. The Balaban J connectivity index is 1.70. The maximum absolute atomic E-state index is 13.1. The van der Waals surface area contributed by atoms with Crippen molar-refractivity contribution in [1.82, 2.24) is 4.90 Å². The van der Waals surface area contributed by atoms with Crippen molar-refractivity contribution in [2.75, 3.05) is 17.4 Å². The van der Waals surface area contributed by atoms with Gasteiger partial charge < -0.3 is 4.90 Å². The van der Waals surface area contributed by atoms with Gasteiger partial charge in [0.05, 0.1) is 29.2 Å². The zero-order valence-corrected chi connectivity index (χ0v) is 18.4. The molecule has 4 nitrogen and oxygen atoms in total. The molecule has 2 aliphatic heterocycles. The average molecular weight is 444 g/mol. The molecule has 2 aromatic carbocycles. The molecule has 0 bridgehead atoms. The molecule has 2 aliphatic rings. The largest absolute Gasteiger partial charge is 0.344 e. The van der Waals surface area contributed by atoms with Gasteiger partial charge in [0.1, 0.15) is 0 Å². The van der Waals surface area contributed by atoms with Crippen LogP contribution in [0.2, 0.25) is 10.0 Å². The monoisotopic (exact) mass is 443 g/mol. The van der Waals surface area contributed by atoms with E-state index in [1.165, 1.54) is 22.9 Å². The molecule has 4 rings (SSSR count). The minimum absolute atomic E-state index is 0.0268. The van der Waals surface area contributed by atoms with Gasteiger partial charge in [0.15, 0.2) is 0 Å². The van der Waals surface area contributed by atoms with Crippen LogP contribution < -0.4 is 4.90 Å². The molecule has 0 unspecified atom stereocenters. The van der Waals surface area contributed by atoms with Gasteiger partial charge in [0.2, 0.25) is 5.91 Å². The quantitative estimate of drug-likeness (QED) is 0.585. The van der Waals surface area contributed by atoms with Gasteiger partial charge in [-0.05, 0) is 54.8 Å². The Morgan fingerprint density at radius 2 is 1.86 bits per heavy atom. The molecular formula is C22H19Cl2N3OS. The number of allylic oxidation sites excluding steroid dienone is 1. The van der Waals surface area contributed by atoms with Crippen LogP contribution in [0, 0.1) is 25.2 Å². The van der Waals surface area contributed by atoms with Gasteiger partial charge in [-0.2, -0.15) is 5.26 Å². The first-order valence-corrected chi connectivity index (χ1v) is 11.0. The number of thioether (sulfide) groups is 1. The van der Waals surface area contributed by atoms with E-state index >= 15 is 0 Å². The highest BCUT2D eigenvalue weighted by molar-refractivity contribution is 8.03. The number of benzene rings is 2. The van der Waals surface area contributed by atoms with Gasteiger partial charge in [-0.3, -0.25) is 9.69 Å². The van der Waals surface area contributed by atoms with Crippen LogP contribution in [0.3, 0.4) is 0 Å². The topological polar surface area (TPSA) is 47.3 Å². The van der Waals surface area contributed by atoms with Gasteiger partial charge in [0.25, 0.3) is 0 Å². The minimum atomic E-state index is -0.416. The average Bonchev–Trinajstić information content (AvgIpc) is 2.70. The zero-order chi connectivity index (χ0) is 20.7. The Labute approximate surface area is 184 Å². The van der Waals surface area contributed by atoms with E-state index in [-0.39, 0.29) is 12.3 Å². The SMILES string of the molecule is Cc1ccc(N2CSC3=C(C#N)[C@@H](c4c(Cl)cccc4Cl)CC(=O)N3C2)cc1C. The molecule has 2 heterocycles. The summed E-state index contributed by atoms with van der Waals surface area (Å²) in [5.41, 5.74) is 4.74. The molecule has 0 N–H and O–H groups in total. The number of anilines is 1. The highest BCUT2D eigenvalue weighted by Gasteiger charge is 2.39. The zero-order valence-electron chi connectivity index (χ0n) is 16.1. The standard InChI is InChI=1S/C22H19Cl2N3OS/c1-13-6-7-15(8-14(13)2)26-11-27-20(28)9-16(17(10-25)22(27)29-12-26)21-18(23)4-3-5-19(21)24/h3-8,16H,9,11-12H2,1-2H3/t16-/m0/s1. The molecule has 1 fully saturated rings. The van der Waals surface area contributed by atoms with Crippen LogP contribution in [-0.2, 0) is 4.79 Å². The van der Waals surface area contributed by atoms with Crippen molar-refractivity contribution in [3.05, 3.63) is 73.7 Å². The smallest absolute Gasteiger partial charge is 0.229 e. The highest BCUT2D eigenvalue weighted by atomic mass is 35.5. The number of hydrogen-bond acceptors (Lipinski definition) is 4. The normalized spacial score (nSPS) is 19.3. The molecule has 1 amide bonds. The third-order valence-electron chi connectivity index (χ3n) is 5.50. The summed E-state index contributed by atoms with van der Waals surface area (Å²) in [5.74, 6) is 0.220. The summed E-state index contributed by atoms with van der Waals surface area (Å²) < 4.78 is 0. The second-order valence-corrected chi connectivity index (χ2v) is 9.02. The third kappa shape index (κ3) is 3.61. The fraction of sp³-hybridized carbons (Fsp3) is 0.273. The minimum Gasteiger partial charge on any atom is -0.344 e. The molecule has 0 aromatic heterocycles. The van der Waals surface area contributed by atoms with Crippen molar-refractivity contribution in [2.24, 2.45) is 0 Å². The van der Waals surface area contributed by atoms with Crippen molar-refractivity contribution in [2.45, 2.75) is 26.2 Å². The highest BCUT2D eigenvalue weighted by Crippen LogP contribution is 2.46. The van der Waals surface area contributed by atoms with Gasteiger partial charge >= 0.3 is 0 Å². The van der Waals surface area contributed by atoms with E-state index in [1.54, 1.807) is 23.1 Å². The van der Waals surface area contributed by atoms with Crippen LogP contribution in [0.15, 0.2) is 47.0 Å². The summed E-state index contributed by atoms with van der Waals surface area (Å²) in [6, 6.07) is 13.9. The molecule has 29 heavy (non-hydrogen) atoms. The van der Waals surface area contributed by atoms with E-state index < -0.39 is 5.92 Å². The second-order valence-electron chi connectivity index (χ2n) is 7.27. The lowest BCUT2D eigenvalue weighted by atomic mass is 9.86. The van der Waals surface area contributed by atoms with Crippen molar-refractivity contribution in [3.63, 3.8) is 0 Å². The van der Waals surface area contributed by atoms with Crippen molar-refractivity contribution in [1.29, 1.82) is 5.26 Å². The van der Waals surface area contributed by atoms with E-state index in [0.717, 1.165) is 5.69 Å². The molecular weight excluding hydrogens is 425 g/mol. The number of nitriles is 1. The fourth-order valence-corrected chi connectivity index (χ4v) is 5.57. The molecule has 7 heteroatoms. The van der Waals surface area contributed by atoms with Crippen LogP contribution in [-0.4, -0.2) is 23.4 Å². The third-order valence-corrected chi connectivity index (χ3v) is 7.31. The summed E-state index contributed by atoms with van der Waals surface area (Å²) in [5, 5.41) is 11.6. The predicted molar refractivity (Wildman–Crippen MR) is 119 cm³/mol. The number of hydrogen-bond donors (Lipinski definition) is 0. The lowest BCUT2D eigenvalue weighted by molar-refractivity contribution is -0.129. The summed E-state index contributed by atoms with van der Waals surface area (Å²) in [6.45, 7) is 4.59. The fourth-order valence-electron chi connectivity index (χ4n) is 3.74. The van der Waals surface area contributed by atoms with E-state index in [4.69, 9.17) is 23.2 Å². The molecule has 148 valence electrons. The van der Waals surface area contributed by atoms with Crippen molar-refractivity contribution in [3.8, 4) is 6.07 Å². The second kappa shape index (κ2) is 7.95. The van der Waals surface area contributed by atoms with Crippen LogP contribution >= 0.6 is 35.0 Å². The van der Waals surface area contributed by atoms with Crippen molar-refractivity contribution < 1.29 is 4.79 Å². The number of halogens is 2. The van der Waals surface area contributed by atoms with E-state index in [9.17, 15) is 10.1 Å². The number of nitrogens with zero attached hydrogens (tertiary/aromatic N) is 3. The number of carbonyl (C=O) groups excluding carboxylic acids is 1. The molecule has 0 saturated carbocycles. The molecule has 0 spiro atoms. The van der Waals surface area contributed by atoms with Crippen LogP contribution in [0.5, 0.6) is 0 Å². The number of amides is 1. The first kappa shape index (κ1) is 20.2. The molecule has 1 atom stereocenters. The number of aryl methyl sites for hydroxylation is 2. The first-order valence-electron chi connectivity index (χ1n) is 9.24. The van der Waals surface area contributed by atoms with Gasteiger partial charge in [0, 0.05) is 28.1 Å². The first-order chi connectivity index (χ1) is 13.9. The molecule has 2 aromatic rings. The lowest BCUT2D eigenvalue weighted by Gasteiger charge is -2.42. The van der Waals surface area contributed by atoms with E-state index in [1.807, 2.05) is 0 Å². The molecule has 1 saturated heterocycles. The maximum Gasteiger partial charge on any atom is 0.229 e. The van der Waals surface area contributed by atoms with E-state index in [2.05, 4.69) is 43.0 Å². The maximum atomic E-state index is 13.1. The Kier molecular flexibility index (Phi) is 5.52. The number of rotatable bonds is 2.